The van der Waals surface area contributed by atoms with E-state index in [-0.39, 0.29) is 70.9 Å². The van der Waals surface area contributed by atoms with Gasteiger partial charge < -0.3 is 19.3 Å². The third-order valence-corrected chi connectivity index (χ3v) is 9.64. The average molecular weight is 656 g/mol. The van der Waals surface area contributed by atoms with Gasteiger partial charge in [0.1, 0.15) is 41.3 Å². The molecule has 1 aliphatic carbocycles. The van der Waals surface area contributed by atoms with Gasteiger partial charge in [0.05, 0.1) is 36.5 Å². The zero-order chi connectivity index (χ0) is 33.7. The number of pyridine rings is 1. The highest BCUT2D eigenvalue weighted by Crippen LogP contribution is 2.46. The maximum Gasteiger partial charge on any atom is 0.319 e. The number of halogens is 4. The molecule has 246 valence electrons. The van der Waals surface area contributed by atoms with Gasteiger partial charge in [0.2, 0.25) is 0 Å². The Morgan fingerprint density at radius 2 is 1.98 bits per heavy atom. The largest absolute Gasteiger partial charge is 0.462 e. The Labute approximate surface area is 276 Å². The predicted molar refractivity (Wildman–Crippen MR) is 176 cm³/mol. The summed E-state index contributed by atoms with van der Waals surface area (Å²) in [6, 6.07) is 7.19. The molecule has 2 aliphatic heterocycles. The molecule has 2 aromatic carbocycles. The van der Waals surface area contributed by atoms with Gasteiger partial charge in [-0.3, -0.25) is 0 Å². The Kier molecular flexibility index (Phi) is 8.22. The predicted octanol–water partition coefficient (Wildman–Crippen LogP) is 6.22. The molecule has 2 saturated heterocycles. The highest BCUT2D eigenvalue weighted by atomic mass is 19.1. The lowest BCUT2D eigenvalue weighted by Crippen LogP contribution is -2.44. The second kappa shape index (κ2) is 12.4. The second-order valence-corrected chi connectivity index (χ2v) is 12.9. The van der Waals surface area contributed by atoms with Crippen LogP contribution in [0.1, 0.15) is 31.5 Å². The van der Waals surface area contributed by atoms with E-state index in [1.807, 2.05) is 14.0 Å². The number of hydrogen-bond donors (Lipinski definition) is 0. The van der Waals surface area contributed by atoms with Gasteiger partial charge in [-0.15, -0.1) is 6.42 Å². The fraction of sp³-hybridized carbons (Fsp3) is 0.378. The van der Waals surface area contributed by atoms with Crippen molar-refractivity contribution in [1.29, 1.82) is 0 Å². The second-order valence-electron chi connectivity index (χ2n) is 12.9. The topological polar surface area (TPSA) is 63.6 Å². The maximum absolute atomic E-state index is 17.1. The van der Waals surface area contributed by atoms with Crippen LogP contribution in [-0.2, 0) is 4.74 Å². The standard InChI is InChI=1S/C37H33F4N5O2/c1-5-8-27-29-33(31(41)32(42-27)24-10-7-9-21-11-12-26(39)23(6-2)28(21)24)43-36(48-20-37(3)19-45(4)14-13-22(37)17-38)44-35(29)46-15-16-47-18-25-30(40)34(25)46/h2,7,9-12,17,25,30,34H,13-16,18-20H2,1,3-4H3/b22-17+/t25-,30-,34-,37-/m0/s1. The van der Waals surface area contributed by atoms with Gasteiger partial charge in [0.25, 0.3) is 0 Å². The van der Waals surface area contributed by atoms with Crippen LogP contribution in [0, 0.1) is 47.2 Å². The van der Waals surface area contributed by atoms with Crippen LogP contribution in [0.2, 0.25) is 0 Å². The molecule has 0 amide bonds. The van der Waals surface area contributed by atoms with Crippen LogP contribution in [0.4, 0.5) is 23.4 Å². The number of alkyl halides is 1. The number of anilines is 1. The molecule has 1 saturated carbocycles. The van der Waals surface area contributed by atoms with E-state index in [1.54, 1.807) is 36.1 Å². The number of terminal acetylenes is 1. The number of aromatic nitrogens is 3. The van der Waals surface area contributed by atoms with Gasteiger partial charge in [-0.25, -0.2) is 22.5 Å². The molecule has 3 fully saturated rings. The molecule has 0 bridgehead atoms. The van der Waals surface area contributed by atoms with Gasteiger partial charge in [0, 0.05) is 41.9 Å². The first-order valence-corrected chi connectivity index (χ1v) is 15.8. The van der Waals surface area contributed by atoms with Crippen molar-refractivity contribution in [1.82, 2.24) is 19.9 Å². The summed E-state index contributed by atoms with van der Waals surface area (Å²) in [6.45, 7) is 5.58. The van der Waals surface area contributed by atoms with Crippen LogP contribution < -0.4 is 9.64 Å². The molecule has 2 aromatic heterocycles. The summed E-state index contributed by atoms with van der Waals surface area (Å²) >= 11 is 0. The van der Waals surface area contributed by atoms with Gasteiger partial charge in [-0.2, -0.15) is 9.97 Å². The van der Waals surface area contributed by atoms with E-state index in [0.29, 0.717) is 48.8 Å². The Bertz CT molecular complexity index is 2090. The minimum Gasteiger partial charge on any atom is -0.462 e. The number of likely N-dealkylation sites (tertiary alicyclic amines) is 1. The SMILES string of the molecule is C#Cc1c(F)ccc2cccc(-c3nc(C#CC)c4c(N5CCOC[C@H]6[C@H](F)[C@H]65)nc(OC[C@]5(C)CN(C)CC/C5=C\F)nc4c3F)c12. The van der Waals surface area contributed by atoms with E-state index in [2.05, 4.69) is 32.6 Å². The Balaban J connectivity index is 1.46. The molecular weight excluding hydrogens is 622 g/mol. The van der Waals surface area contributed by atoms with Crippen LogP contribution in [0.3, 0.4) is 0 Å². The first-order valence-electron chi connectivity index (χ1n) is 15.8. The van der Waals surface area contributed by atoms with E-state index < -0.39 is 29.3 Å². The van der Waals surface area contributed by atoms with Crippen molar-refractivity contribution in [3.8, 4) is 41.5 Å². The molecule has 0 spiro atoms. The van der Waals surface area contributed by atoms with E-state index in [4.69, 9.17) is 20.9 Å². The highest BCUT2D eigenvalue weighted by molar-refractivity contribution is 6.03. The number of rotatable bonds is 5. The van der Waals surface area contributed by atoms with E-state index in [9.17, 15) is 8.78 Å². The molecule has 4 heterocycles. The zero-order valence-electron chi connectivity index (χ0n) is 26.8. The first kappa shape index (κ1) is 31.9. The molecule has 4 aromatic rings. The summed E-state index contributed by atoms with van der Waals surface area (Å²) in [6.07, 6.45) is 5.71. The molecule has 3 aliphatic rings. The number of fused-ring (bicyclic) bond motifs is 3. The monoisotopic (exact) mass is 655 g/mol. The minimum absolute atomic E-state index is 0.00819. The van der Waals surface area contributed by atoms with Crippen molar-refractivity contribution in [2.45, 2.75) is 32.5 Å². The molecule has 11 heteroatoms. The smallest absolute Gasteiger partial charge is 0.319 e. The summed E-state index contributed by atoms with van der Waals surface area (Å²) in [5.74, 6) is 6.60. The molecule has 7 nitrogen and oxygen atoms in total. The third-order valence-electron chi connectivity index (χ3n) is 9.64. The van der Waals surface area contributed by atoms with Crippen LogP contribution in [0.25, 0.3) is 32.9 Å². The fourth-order valence-electron chi connectivity index (χ4n) is 7.11. The van der Waals surface area contributed by atoms with E-state index >= 15 is 8.78 Å². The molecule has 0 radical (unpaired) electrons. The number of hydrogen-bond acceptors (Lipinski definition) is 7. The van der Waals surface area contributed by atoms with Gasteiger partial charge >= 0.3 is 6.01 Å². The number of ether oxygens (including phenoxy) is 2. The average Bonchev–Trinajstić information content (AvgIpc) is 3.78. The molecular formula is C37H33F4N5O2. The van der Waals surface area contributed by atoms with Crippen molar-refractivity contribution in [2.75, 3.05) is 51.4 Å². The van der Waals surface area contributed by atoms with Crippen molar-refractivity contribution in [3.63, 3.8) is 0 Å². The molecule has 0 unspecified atom stereocenters. The van der Waals surface area contributed by atoms with Crippen LogP contribution >= 0.6 is 0 Å². The lowest BCUT2D eigenvalue weighted by Gasteiger charge is -2.40. The lowest BCUT2D eigenvalue weighted by atomic mass is 9.78. The summed E-state index contributed by atoms with van der Waals surface area (Å²) in [5, 5.41) is 1.10. The normalized spacial score (nSPS) is 24.9. The summed E-state index contributed by atoms with van der Waals surface area (Å²) in [5.41, 5.74) is -0.0221. The van der Waals surface area contributed by atoms with Gasteiger partial charge in [-0.1, -0.05) is 43.0 Å². The van der Waals surface area contributed by atoms with Gasteiger partial charge in [-0.05, 0) is 43.3 Å². The van der Waals surface area contributed by atoms with Crippen molar-refractivity contribution in [2.24, 2.45) is 11.3 Å². The maximum atomic E-state index is 17.1. The van der Waals surface area contributed by atoms with Crippen LogP contribution in [0.5, 0.6) is 6.01 Å². The summed E-state index contributed by atoms with van der Waals surface area (Å²) in [7, 11) is 1.95. The first-order chi connectivity index (χ1) is 23.2. The molecule has 4 atom stereocenters. The van der Waals surface area contributed by atoms with Crippen molar-refractivity contribution in [3.05, 3.63) is 65.1 Å². The van der Waals surface area contributed by atoms with E-state index in [0.717, 1.165) is 0 Å². The van der Waals surface area contributed by atoms with Crippen molar-refractivity contribution < 1.29 is 27.0 Å². The zero-order valence-corrected chi connectivity index (χ0v) is 26.8. The molecule has 7 rings (SSSR count). The molecule has 0 N–H and O–H groups in total. The van der Waals surface area contributed by atoms with Gasteiger partial charge in [0.15, 0.2) is 5.82 Å². The number of nitrogens with zero attached hydrogens (tertiary/aromatic N) is 5. The highest BCUT2D eigenvalue weighted by Gasteiger charge is 2.56. The Hall–Kier alpha value is -4.71. The number of benzene rings is 2. The minimum atomic E-state index is -1.17. The summed E-state index contributed by atoms with van der Waals surface area (Å²) < 4.78 is 73.0. The third kappa shape index (κ3) is 5.32. The number of piperidine rings is 1. The lowest BCUT2D eigenvalue weighted by molar-refractivity contribution is 0.109. The fourth-order valence-corrected chi connectivity index (χ4v) is 7.11. The quantitative estimate of drug-likeness (QED) is 0.187. The van der Waals surface area contributed by atoms with Crippen LogP contribution in [0.15, 0.2) is 42.2 Å². The van der Waals surface area contributed by atoms with Crippen molar-refractivity contribution >= 4 is 27.5 Å². The Morgan fingerprint density at radius 1 is 1.15 bits per heavy atom. The molecule has 48 heavy (non-hydrogen) atoms. The summed E-state index contributed by atoms with van der Waals surface area (Å²) in [4.78, 5) is 17.8. The Morgan fingerprint density at radius 3 is 2.75 bits per heavy atom. The van der Waals surface area contributed by atoms with Crippen LogP contribution in [-0.4, -0.2) is 78.6 Å². The van der Waals surface area contributed by atoms with E-state index in [1.165, 1.54) is 6.07 Å².